The molecule has 118 valence electrons. The van der Waals surface area contributed by atoms with E-state index in [2.05, 4.69) is 9.97 Å². The Morgan fingerprint density at radius 3 is 2.96 bits per heavy atom. The monoisotopic (exact) mass is 314 g/mol. The van der Waals surface area contributed by atoms with Gasteiger partial charge in [0.05, 0.1) is 5.56 Å². The second kappa shape index (κ2) is 6.04. The van der Waals surface area contributed by atoms with E-state index < -0.39 is 5.63 Å². The summed E-state index contributed by atoms with van der Waals surface area (Å²) >= 11 is 0. The first-order valence-corrected chi connectivity index (χ1v) is 7.21. The highest BCUT2D eigenvalue weighted by atomic mass is 16.5. The van der Waals surface area contributed by atoms with Crippen molar-refractivity contribution < 1.29 is 13.7 Å². The van der Waals surface area contributed by atoms with Crippen molar-refractivity contribution in [1.82, 2.24) is 9.97 Å². The molecule has 3 aromatic heterocycles. The Morgan fingerprint density at radius 1 is 1.39 bits per heavy atom. The number of ether oxygens (including phenoxy) is 1. The van der Waals surface area contributed by atoms with E-state index in [1.807, 2.05) is 43.1 Å². The standard InChI is InChI=1S/C16H15N3O4/c1-3-11-7-12(20)23-15-13(11)14(21)17-16(18-15)22-9-10-5-4-6-19(2)8-10/h4-8H,3,9H2,1-2H3/p+1. The van der Waals surface area contributed by atoms with Crippen molar-refractivity contribution in [3.05, 3.63) is 62.5 Å². The first-order chi connectivity index (χ1) is 11.1. The molecule has 0 saturated carbocycles. The van der Waals surface area contributed by atoms with Crippen LogP contribution in [0.5, 0.6) is 6.01 Å². The summed E-state index contributed by atoms with van der Waals surface area (Å²) in [7, 11) is 1.90. The maximum Gasteiger partial charge on any atom is 0.337 e. The van der Waals surface area contributed by atoms with Gasteiger partial charge in [0.25, 0.3) is 11.6 Å². The fourth-order valence-electron chi connectivity index (χ4n) is 2.36. The van der Waals surface area contributed by atoms with E-state index in [4.69, 9.17) is 9.15 Å². The minimum Gasteiger partial charge on any atom is -0.460 e. The van der Waals surface area contributed by atoms with E-state index in [9.17, 15) is 9.59 Å². The summed E-state index contributed by atoms with van der Waals surface area (Å²) in [5.74, 6) is 0. The lowest BCUT2D eigenvalue weighted by molar-refractivity contribution is -0.672. The van der Waals surface area contributed by atoms with Crippen LogP contribution < -0.4 is 20.5 Å². The van der Waals surface area contributed by atoms with Crippen molar-refractivity contribution in [3.8, 4) is 6.01 Å². The second-order valence-corrected chi connectivity index (χ2v) is 5.16. The van der Waals surface area contributed by atoms with E-state index in [1.165, 1.54) is 6.07 Å². The van der Waals surface area contributed by atoms with Crippen molar-refractivity contribution in [3.63, 3.8) is 0 Å². The smallest absolute Gasteiger partial charge is 0.337 e. The number of fused-ring (bicyclic) bond motifs is 1. The SMILES string of the molecule is CCc1cc(=O)oc2nc(OCc3ccc[n+](C)c3)[nH]c(=O)c12. The van der Waals surface area contributed by atoms with Crippen LogP contribution in [0.25, 0.3) is 11.1 Å². The molecule has 0 bridgehead atoms. The number of nitrogens with one attached hydrogen (secondary N) is 1. The zero-order chi connectivity index (χ0) is 16.4. The number of hydrogen-bond donors (Lipinski definition) is 1. The zero-order valence-corrected chi connectivity index (χ0v) is 12.8. The number of rotatable bonds is 4. The van der Waals surface area contributed by atoms with Crippen LogP contribution in [-0.2, 0) is 20.1 Å². The first-order valence-electron chi connectivity index (χ1n) is 7.21. The molecule has 0 aliphatic rings. The summed E-state index contributed by atoms with van der Waals surface area (Å²) in [5.41, 5.74) is 0.595. The zero-order valence-electron chi connectivity index (χ0n) is 12.8. The van der Waals surface area contributed by atoms with Crippen LogP contribution in [0.3, 0.4) is 0 Å². The minimum absolute atomic E-state index is 0.00767. The lowest BCUT2D eigenvalue weighted by Gasteiger charge is -2.06. The van der Waals surface area contributed by atoms with Crippen molar-refractivity contribution >= 4 is 11.1 Å². The van der Waals surface area contributed by atoms with Crippen molar-refractivity contribution in [2.24, 2.45) is 7.05 Å². The van der Waals surface area contributed by atoms with Crippen LogP contribution in [0, 0.1) is 0 Å². The average molecular weight is 314 g/mol. The van der Waals surface area contributed by atoms with Gasteiger partial charge in [-0.2, -0.15) is 4.98 Å². The van der Waals surface area contributed by atoms with Crippen LogP contribution in [-0.4, -0.2) is 9.97 Å². The Hall–Kier alpha value is -2.96. The highest BCUT2D eigenvalue weighted by Crippen LogP contribution is 2.14. The number of pyridine rings is 1. The summed E-state index contributed by atoms with van der Waals surface area (Å²) in [6.07, 6.45) is 4.34. The fraction of sp³-hybridized carbons (Fsp3) is 0.250. The molecule has 0 fully saturated rings. The van der Waals surface area contributed by atoms with Crippen LogP contribution in [0.4, 0.5) is 0 Å². The molecule has 0 unspecified atom stereocenters. The van der Waals surface area contributed by atoms with Crippen molar-refractivity contribution in [2.45, 2.75) is 20.0 Å². The average Bonchev–Trinajstić information content (AvgIpc) is 2.51. The lowest BCUT2D eigenvalue weighted by Crippen LogP contribution is -2.27. The highest BCUT2D eigenvalue weighted by molar-refractivity contribution is 5.75. The normalized spacial score (nSPS) is 10.9. The van der Waals surface area contributed by atoms with Crippen LogP contribution in [0.2, 0.25) is 0 Å². The lowest BCUT2D eigenvalue weighted by atomic mass is 10.1. The van der Waals surface area contributed by atoms with Crippen LogP contribution >= 0.6 is 0 Å². The molecule has 1 N–H and O–H groups in total. The summed E-state index contributed by atoms with van der Waals surface area (Å²) < 4.78 is 12.4. The molecule has 3 rings (SSSR count). The van der Waals surface area contributed by atoms with E-state index in [1.54, 1.807) is 0 Å². The number of H-pyrrole nitrogens is 1. The Kier molecular flexibility index (Phi) is 3.92. The molecule has 3 heterocycles. The van der Waals surface area contributed by atoms with E-state index in [-0.39, 0.29) is 29.3 Å². The molecule has 23 heavy (non-hydrogen) atoms. The number of aryl methyl sites for hydroxylation is 2. The van der Waals surface area contributed by atoms with E-state index in [0.717, 1.165) is 5.56 Å². The maximum absolute atomic E-state index is 12.2. The quantitative estimate of drug-likeness (QED) is 0.721. The van der Waals surface area contributed by atoms with Gasteiger partial charge in [-0.15, -0.1) is 0 Å². The summed E-state index contributed by atoms with van der Waals surface area (Å²) in [4.78, 5) is 30.4. The maximum atomic E-state index is 12.2. The molecule has 3 aromatic rings. The third-order valence-electron chi connectivity index (χ3n) is 3.43. The fourth-order valence-corrected chi connectivity index (χ4v) is 2.36. The van der Waals surface area contributed by atoms with Crippen LogP contribution in [0.15, 0.2) is 44.6 Å². The molecule has 0 atom stereocenters. The van der Waals surface area contributed by atoms with Gasteiger partial charge in [-0.3, -0.25) is 9.78 Å². The molecule has 0 aliphatic heterocycles. The topological polar surface area (TPSA) is 89.1 Å². The van der Waals surface area contributed by atoms with Gasteiger partial charge >= 0.3 is 5.63 Å². The first kappa shape index (κ1) is 15.0. The largest absolute Gasteiger partial charge is 0.460 e. The van der Waals surface area contributed by atoms with Gasteiger partial charge in [-0.1, -0.05) is 6.92 Å². The second-order valence-electron chi connectivity index (χ2n) is 5.16. The Balaban J connectivity index is 1.96. The van der Waals surface area contributed by atoms with Gasteiger partial charge in [0.2, 0.25) is 5.71 Å². The van der Waals surface area contributed by atoms with E-state index >= 15 is 0 Å². The third kappa shape index (κ3) is 3.13. The summed E-state index contributed by atoms with van der Waals surface area (Å²) in [6, 6.07) is 5.12. The van der Waals surface area contributed by atoms with Gasteiger partial charge in [0, 0.05) is 12.1 Å². The van der Waals surface area contributed by atoms with Crippen molar-refractivity contribution in [2.75, 3.05) is 0 Å². The number of nitrogens with zero attached hydrogens (tertiary/aromatic N) is 2. The molecule has 0 spiro atoms. The number of hydrogen-bond acceptors (Lipinski definition) is 5. The van der Waals surface area contributed by atoms with Gasteiger partial charge in [0.15, 0.2) is 12.4 Å². The predicted octanol–water partition coefficient (Wildman–Crippen LogP) is 0.842. The minimum atomic E-state index is -0.534. The summed E-state index contributed by atoms with van der Waals surface area (Å²) in [6.45, 7) is 2.09. The molecule has 7 heteroatoms. The van der Waals surface area contributed by atoms with Crippen molar-refractivity contribution in [1.29, 1.82) is 0 Å². The molecule has 7 nitrogen and oxygen atoms in total. The molecular formula is C16H16N3O4+. The molecule has 0 saturated heterocycles. The van der Waals surface area contributed by atoms with Crippen LogP contribution in [0.1, 0.15) is 18.1 Å². The highest BCUT2D eigenvalue weighted by Gasteiger charge is 2.12. The van der Waals surface area contributed by atoms with Gasteiger partial charge in [-0.05, 0) is 18.1 Å². The van der Waals surface area contributed by atoms with Gasteiger partial charge < -0.3 is 9.15 Å². The number of aromatic nitrogens is 3. The van der Waals surface area contributed by atoms with Gasteiger partial charge in [-0.25, -0.2) is 9.36 Å². The number of aromatic amines is 1. The molecule has 0 amide bonds. The Morgan fingerprint density at radius 2 is 2.22 bits per heavy atom. The Labute approximate surface area is 131 Å². The van der Waals surface area contributed by atoms with Gasteiger partial charge in [0.1, 0.15) is 19.0 Å². The predicted molar refractivity (Wildman–Crippen MR) is 82.2 cm³/mol. The summed E-state index contributed by atoms with van der Waals surface area (Å²) in [5, 5.41) is 0.283. The molecule has 0 radical (unpaired) electrons. The van der Waals surface area contributed by atoms with E-state index in [0.29, 0.717) is 12.0 Å². The molecular weight excluding hydrogens is 298 g/mol. The molecule has 0 aliphatic carbocycles. The third-order valence-corrected chi connectivity index (χ3v) is 3.43. The molecule has 0 aromatic carbocycles. The Bertz CT molecular complexity index is 975.